The minimum absolute atomic E-state index is 0.0428. The highest BCUT2D eigenvalue weighted by Crippen LogP contribution is 2.26. The van der Waals surface area contributed by atoms with Crippen molar-refractivity contribution in [3.63, 3.8) is 0 Å². The molecule has 0 aromatic heterocycles. The molecule has 1 heterocycles. The van der Waals surface area contributed by atoms with Crippen LogP contribution in [0.1, 0.15) is 20.8 Å². The standard InChI is InChI=1S/C14H19NO3/c1-11-15(14(2,3)10-18-11)13(16)9-17-12-7-5-4-6-8-12/h4-8,11H,9-10H2,1-3H3. The molecule has 0 saturated carbocycles. The number of amides is 1. The van der Waals surface area contributed by atoms with Crippen LogP contribution in [0.2, 0.25) is 0 Å². The number of hydrogen-bond donors (Lipinski definition) is 0. The van der Waals surface area contributed by atoms with Gasteiger partial charge in [0.2, 0.25) is 0 Å². The summed E-state index contributed by atoms with van der Waals surface area (Å²) < 4.78 is 11.0. The van der Waals surface area contributed by atoms with Gasteiger partial charge in [-0.15, -0.1) is 0 Å². The van der Waals surface area contributed by atoms with Gasteiger partial charge in [-0.25, -0.2) is 0 Å². The summed E-state index contributed by atoms with van der Waals surface area (Å²) in [5.41, 5.74) is -0.267. The Kier molecular flexibility index (Phi) is 3.57. The van der Waals surface area contributed by atoms with Crippen LogP contribution in [0.5, 0.6) is 5.75 Å². The van der Waals surface area contributed by atoms with Crippen LogP contribution in [0, 0.1) is 0 Å². The van der Waals surface area contributed by atoms with Gasteiger partial charge in [0.15, 0.2) is 6.61 Å². The topological polar surface area (TPSA) is 38.8 Å². The highest BCUT2D eigenvalue weighted by atomic mass is 16.5. The number of hydrogen-bond acceptors (Lipinski definition) is 3. The summed E-state index contributed by atoms with van der Waals surface area (Å²) >= 11 is 0. The van der Waals surface area contributed by atoms with Gasteiger partial charge in [0, 0.05) is 0 Å². The quantitative estimate of drug-likeness (QED) is 0.823. The molecule has 1 atom stereocenters. The zero-order chi connectivity index (χ0) is 13.2. The average Bonchev–Trinajstić information content (AvgIpc) is 2.62. The molecule has 0 N–H and O–H groups in total. The fourth-order valence-corrected chi connectivity index (χ4v) is 2.23. The second-order valence-corrected chi connectivity index (χ2v) is 5.09. The highest BCUT2D eigenvalue weighted by Gasteiger charge is 2.41. The Morgan fingerprint density at radius 2 is 2.11 bits per heavy atom. The summed E-state index contributed by atoms with van der Waals surface area (Å²) in [5.74, 6) is 0.658. The molecule has 0 bridgehead atoms. The van der Waals surface area contributed by atoms with Gasteiger partial charge < -0.3 is 14.4 Å². The van der Waals surface area contributed by atoms with E-state index in [0.29, 0.717) is 12.4 Å². The summed E-state index contributed by atoms with van der Waals surface area (Å²) in [6.45, 7) is 6.48. The Hall–Kier alpha value is -1.55. The molecule has 98 valence electrons. The van der Waals surface area contributed by atoms with Crippen LogP contribution in [-0.4, -0.2) is 35.8 Å². The molecule has 1 saturated heterocycles. The second-order valence-electron chi connectivity index (χ2n) is 5.09. The van der Waals surface area contributed by atoms with E-state index in [1.54, 1.807) is 4.90 Å². The van der Waals surface area contributed by atoms with Gasteiger partial charge in [0.1, 0.15) is 12.0 Å². The van der Waals surface area contributed by atoms with Gasteiger partial charge >= 0.3 is 0 Å². The van der Waals surface area contributed by atoms with E-state index in [9.17, 15) is 4.79 Å². The Bertz CT molecular complexity index is 416. The summed E-state index contributed by atoms with van der Waals surface area (Å²) in [5, 5.41) is 0. The fourth-order valence-electron chi connectivity index (χ4n) is 2.23. The van der Waals surface area contributed by atoms with Crippen molar-refractivity contribution >= 4 is 5.91 Å². The molecule has 1 fully saturated rings. The lowest BCUT2D eigenvalue weighted by molar-refractivity contribution is -0.141. The lowest BCUT2D eigenvalue weighted by Crippen LogP contribution is -2.49. The minimum Gasteiger partial charge on any atom is -0.484 e. The van der Waals surface area contributed by atoms with Crippen LogP contribution in [0.25, 0.3) is 0 Å². The molecule has 0 radical (unpaired) electrons. The molecular weight excluding hydrogens is 230 g/mol. The number of ether oxygens (including phenoxy) is 2. The van der Waals surface area contributed by atoms with E-state index >= 15 is 0 Å². The minimum atomic E-state index is -0.267. The molecule has 1 aromatic rings. The molecule has 2 rings (SSSR count). The zero-order valence-corrected chi connectivity index (χ0v) is 11.1. The van der Waals surface area contributed by atoms with Crippen molar-refractivity contribution in [2.24, 2.45) is 0 Å². The number of carbonyl (C=O) groups excluding carboxylic acids is 1. The molecular formula is C14H19NO3. The lowest BCUT2D eigenvalue weighted by Gasteiger charge is -2.31. The Labute approximate surface area is 107 Å². The predicted molar refractivity (Wildman–Crippen MR) is 68.3 cm³/mol. The SMILES string of the molecule is CC1OCC(C)(C)N1C(=O)COc1ccccc1. The van der Waals surface area contributed by atoms with Gasteiger partial charge in [0.05, 0.1) is 12.1 Å². The molecule has 18 heavy (non-hydrogen) atoms. The van der Waals surface area contributed by atoms with E-state index in [0.717, 1.165) is 0 Å². The van der Waals surface area contributed by atoms with E-state index in [-0.39, 0.29) is 24.3 Å². The van der Waals surface area contributed by atoms with E-state index < -0.39 is 0 Å². The summed E-state index contributed by atoms with van der Waals surface area (Å²) in [6, 6.07) is 9.34. The van der Waals surface area contributed by atoms with Gasteiger partial charge in [0.25, 0.3) is 5.91 Å². The first-order valence-electron chi connectivity index (χ1n) is 6.12. The molecule has 1 aliphatic heterocycles. The van der Waals surface area contributed by atoms with Crippen molar-refractivity contribution in [3.05, 3.63) is 30.3 Å². The van der Waals surface area contributed by atoms with Gasteiger partial charge in [-0.3, -0.25) is 4.79 Å². The number of rotatable bonds is 3. The van der Waals surface area contributed by atoms with Crippen molar-refractivity contribution in [1.82, 2.24) is 4.90 Å². The normalized spacial score (nSPS) is 21.9. The third-order valence-electron chi connectivity index (χ3n) is 3.07. The van der Waals surface area contributed by atoms with Gasteiger partial charge in [-0.05, 0) is 32.9 Å². The maximum Gasteiger partial charge on any atom is 0.263 e. The lowest BCUT2D eigenvalue weighted by atomic mass is 10.1. The molecule has 1 unspecified atom stereocenters. The van der Waals surface area contributed by atoms with E-state index in [1.165, 1.54) is 0 Å². The van der Waals surface area contributed by atoms with E-state index in [1.807, 2.05) is 51.1 Å². The third kappa shape index (κ3) is 2.64. The van der Waals surface area contributed by atoms with Crippen LogP contribution in [-0.2, 0) is 9.53 Å². The Morgan fingerprint density at radius 3 is 2.67 bits per heavy atom. The van der Waals surface area contributed by atoms with Crippen molar-refractivity contribution < 1.29 is 14.3 Å². The van der Waals surface area contributed by atoms with E-state index in [2.05, 4.69) is 0 Å². The smallest absolute Gasteiger partial charge is 0.263 e. The number of para-hydroxylation sites is 1. The van der Waals surface area contributed by atoms with Crippen molar-refractivity contribution in [1.29, 1.82) is 0 Å². The summed E-state index contributed by atoms with van der Waals surface area (Å²) in [6.07, 6.45) is -0.188. The highest BCUT2D eigenvalue weighted by molar-refractivity contribution is 5.79. The molecule has 0 spiro atoms. The largest absolute Gasteiger partial charge is 0.484 e. The predicted octanol–water partition coefficient (Wildman–Crippen LogP) is 2.05. The monoisotopic (exact) mass is 249 g/mol. The number of carbonyl (C=O) groups is 1. The van der Waals surface area contributed by atoms with Crippen LogP contribution >= 0.6 is 0 Å². The van der Waals surface area contributed by atoms with Gasteiger partial charge in [-0.2, -0.15) is 0 Å². The van der Waals surface area contributed by atoms with Crippen molar-refractivity contribution in [2.45, 2.75) is 32.5 Å². The second kappa shape index (κ2) is 4.98. The molecule has 0 aliphatic carbocycles. The maximum absolute atomic E-state index is 12.2. The van der Waals surface area contributed by atoms with Crippen molar-refractivity contribution in [2.75, 3.05) is 13.2 Å². The van der Waals surface area contributed by atoms with Crippen LogP contribution in [0.15, 0.2) is 30.3 Å². The zero-order valence-electron chi connectivity index (χ0n) is 11.1. The first kappa shape index (κ1) is 12.9. The van der Waals surface area contributed by atoms with Crippen LogP contribution in [0.3, 0.4) is 0 Å². The van der Waals surface area contributed by atoms with Gasteiger partial charge in [-0.1, -0.05) is 18.2 Å². The fraction of sp³-hybridized carbons (Fsp3) is 0.500. The van der Waals surface area contributed by atoms with Crippen LogP contribution < -0.4 is 4.74 Å². The van der Waals surface area contributed by atoms with E-state index in [4.69, 9.17) is 9.47 Å². The summed E-state index contributed by atoms with van der Waals surface area (Å²) in [4.78, 5) is 13.9. The average molecular weight is 249 g/mol. The molecule has 4 heteroatoms. The van der Waals surface area contributed by atoms with Crippen molar-refractivity contribution in [3.8, 4) is 5.75 Å². The Balaban J connectivity index is 1.96. The first-order valence-corrected chi connectivity index (χ1v) is 6.12. The molecule has 4 nitrogen and oxygen atoms in total. The van der Waals surface area contributed by atoms with Crippen LogP contribution in [0.4, 0.5) is 0 Å². The number of benzene rings is 1. The third-order valence-corrected chi connectivity index (χ3v) is 3.07. The Morgan fingerprint density at radius 1 is 1.44 bits per heavy atom. The molecule has 1 aromatic carbocycles. The molecule has 1 aliphatic rings. The summed E-state index contributed by atoms with van der Waals surface area (Å²) in [7, 11) is 0. The maximum atomic E-state index is 12.2. The molecule has 1 amide bonds. The first-order chi connectivity index (χ1) is 8.50. The number of nitrogens with zero attached hydrogens (tertiary/aromatic N) is 1.